The average molecular weight is 1250 g/mol. The van der Waals surface area contributed by atoms with Crippen LogP contribution in [-0.4, -0.2) is 152 Å². The number of hydrogen-bond donors (Lipinski definition) is 4. The Bertz CT molecular complexity index is 3950. The lowest BCUT2D eigenvalue weighted by Crippen LogP contribution is -2.52. The number of hydrogen-bond acceptors (Lipinski definition) is 16. The van der Waals surface area contributed by atoms with Crippen molar-refractivity contribution in [2.24, 2.45) is 11.3 Å². The zero-order valence-electron chi connectivity index (χ0n) is 49.5. The second-order valence-electron chi connectivity index (χ2n) is 23.8. The lowest BCUT2D eigenvalue weighted by Gasteiger charge is -2.39. The van der Waals surface area contributed by atoms with Gasteiger partial charge in [0.05, 0.1) is 34.8 Å². The number of piperazine rings is 1. The Hall–Kier alpha value is -8.66. The van der Waals surface area contributed by atoms with Crippen LogP contribution in [0.25, 0.3) is 16.6 Å². The highest BCUT2D eigenvalue weighted by molar-refractivity contribution is 7.90. The minimum absolute atomic E-state index is 0.0600. The molecule has 22 nitrogen and oxygen atoms in total. The van der Waals surface area contributed by atoms with Crippen LogP contribution in [0.4, 0.5) is 17.1 Å². The molecule has 4 aliphatic heterocycles. The van der Waals surface area contributed by atoms with Gasteiger partial charge in [-0.3, -0.25) is 44.3 Å². The van der Waals surface area contributed by atoms with Crippen molar-refractivity contribution < 1.29 is 51.5 Å². The summed E-state index contributed by atoms with van der Waals surface area (Å²) in [6.07, 6.45) is 8.19. The highest BCUT2D eigenvalue weighted by atomic mass is 35.5. The summed E-state index contributed by atoms with van der Waals surface area (Å²) < 4.78 is 47.7. The van der Waals surface area contributed by atoms with Crippen molar-refractivity contribution in [3.63, 3.8) is 0 Å². The molecule has 2 unspecified atom stereocenters. The molecular weight excluding hydrogens is 1180 g/mol. The number of carbonyl (C=O) groups is 5. The van der Waals surface area contributed by atoms with Crippen molar-refractivity contribution in [1.29, 1.82) is 0 Å². The second-order valence-corrected chi connectivity index (χ2v) is 25.9. The molecule has 4 N–H and O–H groups in total. The van der Waals surface area contributed by atoms with Gasteiger partial charge in [0.25, 0.3) is 27.5 Å². The molecule has 0 saturated carbocycles. The van der Waals surface area contributed by atoms with Crippen LogP contribution in [-0.2, 0) is 40.4 Å². The van der Waals surface area contributed by atoms with E-state index >= 15 is 0 Å². The van der Waals surface area contributed by atoms with E-state index < -0.39 is 43.4 Å². The van der Waals surface area contributed by atoms with Crippen LogP contribution in [0, 0.1) is 33.3 Å². The van der Waals surface area contributed by atoms with Crippen LogP contribution in [0.3, 0.4) is 0 Å². The third-order valence-electron chi connectivity index (χ3n) is 17.1. The number of ether oxygens (including phenoxy) is 3. The van der Waals surface area contributed by atoms with Crippen LogP contribution < -0.4 is 25.0 Å². The lowest BCUT2D eigenvalue weighted by atomic mass is 9.72. The number of amides is 5. The molecular formula is C65H69ClN10O12S. The van der Waals surface area contributed by atoms with E-state index in [9.17, 15) is 42.5 Å². The first-order chi connectivity index (χ1) is 42.8. The Labute approximate surface area is 520 Å². The smallest absolute Gasteiger partial charge is 0.293 e. The van der Waals surface area contributed by atoms with Crippen LogP contribution in [0.2, 0.25) is 5.02 Å². The molecule has 464 valence electrons. The molecule has 6 heterocycles. The standard InChI is InChI=1S/C65H69ClN10O12S/c1-65(2)22-20-46(53(35-65)44-10-12-47(66)13-11-44)39-72-25-27-73(28-26-72)48-14-16-52(58(33-48)88-49-32-45-21-23-67-61(45)69-37-49)62(79)71-89(84,85)50-15-17-55(57(34-50)76(82)83)68-36-42-6-4-24-74(38-42)60(78)41-87-31-30-86-29-5-8-43-7-3-9-51-54(43)40-75(64(51)81)56-18-19-59(77)70-63(56)80/h3,7,9-17,21,23,32-34,37,42,56,68H,4,6,18-20,22,24-31,35-36,38-41H2,1-2H3,(H,67,69)(H,71,79)(H,70,77,80). The molecule has 0 radical (unpaired) electrons. The maximum atomic E-state index is 14.2. The number of aromatic nitrogens is 2. The normalized spacial score (nSPS) is 18.7. The van der Waals surface area contributed by atoms with Gasteiger partial charge in [-0.15, -0.1) is 0 Å². The summed E-state index contributed by atoms with van der Waals surface area (Å²) >= 11 is 6.27. The molecule has 4 aromatic carbocycles. The molecule has 5 amide bonds. The Kier molecular flexibility index (Phi) is 18.8. The number of allylic oxidation sites excluding steroid dienone is 1. The third-order valence-corrected chi connectivity index (χ3v) is 18.7. The van der Waals surface area contributed by atoms with Gasteiger partial charge in [-0.2, -0.15) is 0 Å². The van der Waals surface area contributed by atoms with Gasteiger partial charge in [0, 0.05) is 111 Å². The highest BCUT2D eigenvalue weighted by Gasteiger charge is 2.40. The predicted octanol–water partition coefficient (Wildman–Crippen LogP) is 8.32. The number of carbonyl (C=O) groups excluding carboxylic acids is 5. The summed E-state index contributed by atoms with van der Waals surface area (Å²) in [5, 5.41) is 19.4. The van der Waals surface area contributed by atoms with Gasteiger partial charge in [0.1, 0.15) is 42.1 Å². The number of H-pyrrole nitrogens is 1. The number of nitro groups is 1. The summed E-state index contributed by atoms with van der Waals surface area (Å²) in [5.74, 6) is 3.93. The van der Waals surface area contributed by atoms with E-state index in [2.05, 4.69) is 72.9 Å². The number of halogens is 1. The van der Waals surface area contributed by atoms with E-state index in [0.717, 1.165) is 62.5 Å². The van der Waals surface area contributed by atoms with Crippen molar-refractivity contribution in [1.82, 2.24) is 34.7 Å². The number of nitro benzene ring substituents is 1. The first-order valence-electron chi connectivity index (χ1n) is 29.8. The van der Waals surface area contributed by atoms with Crippen LogP contribution in [0.5, 0.6) is 11.5 Å². The first-order valence-corrected chi connectivity index (χ1v) is 31.7. The van der Waals surface area contributed by atoms with E-state index in [-0.39, 0.29) is 98.4 Å². The predicted molar refractivity (Wildman–Crippen MR) is 334 cm³/mol. The highest BCUT2D eigenvalue weighted by Crippen LogP contribution is 2.44. The molecule has 0 spiro atoms. The lowest BCUT2D eigenvalue weighted by molar-refractivity contribution is -0.384. The molecule has 2 atom stereocenters. The zero-order chi connectivity index (χ0) is 62.4. The van der Waals surface area contributed by atoms with Crippen LogP contribution in [0.15, 0.2) is 114 Å². The van der Waals surface area contributed by atoms with Gasteiger partial charge in [0.15, 0.2) is 0 Å². The first kappa shape index (κ1) is 62.0. The van der Waals surface area contributed by atoms with Crippen molar-refractivity contribution in [2.75, 3.05) is 89.0 Å². The Morgan fingerprint density at radius 1 is 0.933 bits per heavy atom. The van der Waals surface area contributed by atoms with Crippen LogP contribution in [0.1, 0.15) is 96.2 Å². The van der Waals surface area contributed by atoms with Gasteiger partial charge >= 0.3 is 0 Å². The Morgan fingerprint density at radius 2 is 1.74 bits per heavy atom. The summed E-state index contributed by atoms with van der Waals surface area (Å²) in [6, 6.07) is 24.6. The quantitative estimate of drug-likeness (QED) is 0.0184. The molecule has 89 heavy (non-hydrogen) atoms. The fourth-order valence-electron chi connectivity index (χ4n) is 12.2. The van der Waals surface area contributed by atoms with Gasteiger partial charge < -0.3 is 39.2 Å². The number of pyridine rings is 1. The Balaban J connectivity index is 0.670. The number of anilines is 2. The van der Waals surface area contributed by atoms with Crippen molar-refractivity contribution in [3.8, 4) is 23.3 Å². The van der Waals surface area contributed by atoms with E-state index in [1.807, 2.05) is 18.2 Å². The minimum Gasteiger partial charge on any atom is -0.455 e. The van der Waals surface area contributed by atoms with Crippen molar-refractivity contribution >= 4 is 84.8 Å². The molecule has 11 rings (SSSR count). The zero-order valence-corrected chi connectivity index (χ0v) is 51.1. The van der Waals surface area contributed by atoms with Crippen molar-refractivity contribution in [3.05, 3.63) is 152 Å². The number of benzene rings is 4. The average Bonchev–Trinajstić information content (AvgIpc) is 2.01. The largest absolute Gasteiger partial charge is 0.455 e. The van der Waals surface area contributed by atoms with E-state index in [1.54, 1.807) is 47.5 Å². The second kappa shape index (κ2) is 27.0. The maximum absolute atomic E-state index is 14.2. The number of likely N-dealkylation sites (tertiary alicyclic amines) is 1. The molecule has 3 saturated heterocycles. The molecule has 6 aromatic rings. The molecule has 24 heteroatoms. The number of rotatable bonds is 20. The van der Waals surface area contributed by atoms with Gasteiger partial charge in [-0.05, 0) is 127 Å². The molecule has 2 aromatic heterocycles. The number of imide groups is 1. The number of piperidine rings is 2. The summed E-state index contributed by atoms with van der Waals surface area (Å²) in [4.78, 5) is 91.3. The SMILES string of the molecule is CC1(C)CCC(CN2CCN(c3ccc(C(=O)NS(=O)(=O)c4ccc(NCC5CCCN(C(=O)COCCOCC#Cc6cccc7c6CN(C6CCC(=O)NC6=O)C7=O)C5)c([N+](=O)[O-])c4)c(Oc4cnc5[nH]ccc5c4)c3)CC2)=C(c2ccc(Cl)cc2)C1. The summed E-state index contributed by atoms with van der Waals surface area (Å²) in [5.41, 5.74) is 6.90. The molecule has 3 fully saturated rings. The number of aromatic amines is 1. The number of nitrogens with zero attached hydrogens (tertiary/aromatic N) is 6. The minimum atomic E-state index is -4.69. The van der Waals surface area contributed by atoms with Gasteiger partial charge in [-0.1, -0.05) is 61.1 Å². The monoisotopic (exact) mass is 1250 g/mol. The third kappa shape index (κ3) is 14.8. The summed E-state index contributed by atoms with van der Waals surface area (Å²) in [7, 11) is -4.69. The number of fused-ring (bicyclic) bond motifs is 2. The van der Waals surface area contributed by atoms with Crippen LogP contribution >= 0.6 is 11.6 Å². The topological polar surface area (TPSA) is 268 Å². The molecule has 0 bridgehead atoms. The van der Waals surface area contributed by atoms with E-state index in [1.165, 1.54) is 46.0 Å². The Morgan fingerprint density at radius 3 is 2.54 bits per heavy atom. The maximum Gasteiger partial charge on any atom is 0.293 e. The van der Waals surface area contributed by atoms with Crippen molar-refractivity contribution in [2.45, 2.75) is 76.3 Å². The number of nitrogens with one attached hydrogen (secondary N) is 4. The molecule has 1 aliphatic carbocycles. The summed E-state index contributed by atoms with van der Waals surface area (Å²) in [6.45, 7) is 9.91. The van der Waals surface area contributed by atoms with E-state index in [4.69, 9.17) is 25.8 Å². The number of sulfonamides is 1. The fraction of sp³-hybridized carbons (Fsp3) is 0.385. The van der Waals surface area contributed by atoms with Gasteiger partial charge in [-0.25, -0.2) is 18.1 Å². The molecule has 5 aliphatic rings. The van der Waals surface area contributed by atoms with Gasteiger partial charge in [0.2, 0.25) is 17.7 Å². The van der Waals surface area contributed by atoms with E-state index in [0.29, 0.717) is 65.7 Å². The fourth-order valence-corrected chi connectivity index (χ4v) is 13.3.